The van der Waals surface area contributed by atoms with Gasteiger partial charge >= 0.3 is 5.97 Å². The van der Waals surface area contributed by atoms with Crippen LogP contribution in [0.2, 0.25) is 0 Å². The molecule has 3 aliphatic heterocycles. The molecule has 8 rings (SSSR count). The van der Waals surface area contributed by atoms with Crippen molar-refractivity contribution in [2.75, 3.05) is 49.5 Å². The molecule has 3 heterocycles. The topological polar surface area (TPSA) is 145 Å². The average Bonchev–Trinajstić information content (AvgIpc) is 3.70. The lowest BCUT2D eigenvalue weighted by atomic mass is 9.84. The van der Waals surface area contributed by atoms with E-state index < -0.39 is 11.6 Å². The highest BCUT2D eigenvalue weighted by molar-refractivity contribution is 8.18. The van der Waals surface area contributed by atoms with E-state index in [2.05, 4.69) is 105 Å². The van der Waals surface area contributed by atoms with Gasteiger partial charge in [0.05, 0.1) is 16.5 Å². The van der Waals surface area contributed by atoms with Crippen molar-refractivity contribution in [1.82, 2.24) is 15.2 Å². The molecule has 1 fully saturated rings. The molecule has 73 heavy (non-hydrogen) atoms. The molecule has 4 aromatic rings. The summed E-state index contributed by atoms with van der Waals surface area (Å²) >= 11 is 6.61. The summed E-state index contributed by atoms with van der Waals surface area (Å²) in [7, 11) is 0. The van der Waals surface area contributed by atoms with Gasteiger partial charge in [0.2, 0.25) is 5.36 Å². The normalized spacial score (nSPS) is 15.8. The summed E-state index contributed by atoms with van der Waals surface area (Å²) in [6.45, 7) is 21.8. The lowest BCUT2D eigenvalue weighted by Gasteiger charge is -2.38. The zero-order valence-electron chi connectivity index (χ0n) is 43.4. The van der Waals surface area contributed by atoms with E-state index in [0.29, 0.717) is 51.5 Å². The molecule has 2 amide bonds. The van der Waals surface area contributed by atoms with Crippen molar-refractivity contribution in [3.05, 3.63) is 128 Å². The first-order valence-corrected chi connectivity index (χ1v) is 26.9. The molecule has 0 radical (unpaired) electrons. The molecule has 382 valence electrons. The highest BCUT2D eigenvalue weighted by Gasteiger charge is 2.35. The summed E-state index contributed by atoms with van der Waals surface area (Å²) in [4.78, 5) is 39.2. The predicted octanol–water partition coefficient (Wildman–Crippen LogP) is 12.1. The second-order valence-corrected chi connectivity index (χ2v) is 20.6. The van der Waals surface area contributed by atoms with Crippen LogP contribution in [-0.2, 0) is 17.6 Å². The fraction of sp³-hybridized carbons (Fsp3) is 0.373. The Hall–Kier alpha value is -6.64. The summed E-state index contributed by atoms with van der Waals surface area (Å²) in [6, 6.07) is 25.3. The third-order valence-corrected chi connectivity index (χ3v) is 15.6. The smallest absolute Gasteiger partial charge is 0.336 e. The van der Waals surface area contributed by atoms with Gasteiger partial charge in [-0.2, -0.15) is 0 Å². The number of benzene rings is 5. The van der Waals surface area contributed by atoms with Crippen LogP contribution in [0.15, 0.2) is 88.2 Å². The minimum Gasteiger partial charge on any atom is -0.489 e. The number of ether oxygens (including phenoxy) is 2. The number of nitrogens with one attached hydrogen (secondary N) is 3. The predicted molar refractivity (Wildman–Crippen MR) is 301 cm³/mol. The number of rotatable bonds is 19. The number of carbonyl (C=O) groups excluding carboxylic acids is 2. The van der Waals surface area contributed by atoms with Crippen molar-refractivity contribution < 1.29 is 33.4 Å². The first-order valence-electron chi connectivity index (χ1n) is 25.7. The van der Waals surface area contributed by atoms with Gasteiger partial charge in [-0.05, 0) is 199 Å². The first kappa shape index (κ1) is 52.7. The molecule has 0 aromatic heterocycles. The van der Waals surface area contributed by atoms with Gasteiger partial charge in [0.15, 0.2) is 5.11 Å². The minimum atomic E-state index is -1.03. The van der Waals surface area contributed by atoms with Crippen LogP contribution >= 0.6 is 24.0 Å². The third kappa shape index (κ3) is 11.8. The van der Waals surface area contributed by atoms with Gasteiger partial charge < -0.3 is 34.5 Å². The quantitative estimate of drug-likeness (QED) is 0.0201. The maximum Gasteiger partial charge on any atom is 0.336 e. The molecule has 0 spiro atoms. The van der Waals surface area contributed by atoms with Crippen molar-refractivity contribution in [3.63, 3.8) is 0 Å². The number of hydrogen-bond acceptors (Lipinski definition) is 9. The van der Waals surface area contributed by atoms with Gasteiger partial charge in [0.25, 0.3) is 11.1 Å². The summed E-state index contributed by atoms with van der Waals surface area (Å²) in [5.74, 6) is 0.991. The number of carbonyl (C=O) groups is 3. The van der Waals surface area contributed by atoms with Crippen molar-refractivity contribution >= 4 is 74.6 Å². The molecule has 1 unspecified atom stereocenters. The van der Waals surface area contributed by atoms with E-state index in [4.69, 9.17) is 26.1 Å². The molecular formula is C59H68N5O7S2+. The minimum absolute atomic E-state index is 0.172. The fourth-order valence-electron chi connectivity index (χ4n) is 10.2. The number of carboxylic acid groups (broad SMARTS) is 1. The van der Waals surface area contributed by atoms with Gasteiger partial charge in [-0.15, -0.1) is 0 Å². The molecule has 4 aromatic carbocycles. The van der Waals surface area contributed by atoms with Gasteiger partial charge in [-0.1, -0.05) is 31.0 Å². The number of thioether (sulfide) groups is 1. The molecule has 12 nitrogen and oxygen atoms in total. The number of hydrogen-bond donors (Lipinski definition) is 4. The number of carboxylic acids is 1. The number of unbranched alkanes of at least 4 members (excludes halogenated alkanes) is 3. The Balaban J connectivity index is 0.852. The molecule has 1 atom stereocenters. The number of anilines is 2. The number of fused-ring (bicyclic) bond motifs is 3. The molecular weight excluding hydrogens is 955 g/mol. The zero-order chi connectivity index (χ0) is 52.0. The highest BCUT2D eigenvalue weighted by Crippen LogP contribution is 2.44. The molecule has 0 saturated carbocycles. The van der Waals surface area contributed by atoms with Gasteiger partial charge in [-0.3, -0.25) is 14.9 Å². The van der Waals surface area contributed by atoms with Crippen LogP contribution in [0.25, 0.3) is 39.5 Å². The van der Waals surface area contributed by atoms with E-state index in [1.54, 1.807) is 12.1 Å². The van der Waals surface area contributed by atoms with Crippen LogP contribution in [0.1, 0.15) is 110 Å². The number of imide groups is 1. The lowest BCUT2D eigenvalue weighted by molar-refractivity contribution is -0.115. The summed E-state index contributed by atoms with van der Waals surface area (Å²) in [5.41, 5.74) is 11.6. The average molecular weight is 1020 g/mol. The molecule has 1 aliphatic carbocycles. The van der Waals surface area contributed by atoms with E-state index in [0.717, 1.165) is 122 Å². The Morgan fingerprint density at radius 3 is 2.34 bits per heavy atom. The van der Waals surface area contributed by atoms with E-state index in [1.165, 1.54) is 27.8 Å². The van der Waals surface area contributed by atoms with E-state index in [-0.39, 0.29) is 16.7 Å². The third-order valence-electron chi connectivity index (χ3n) is 14.5. The van der Waals surface area contributed by atoms with Crippen LogP contribution in [0.4, 0.5) is 16.2 Å². The second kappa shape index (κ2) is 23.1. The van der Waals surface area contributed by atoms with Crippen molar-refractivity contribution in [3.8, 4) is 33.9 Å². The van der Waals surface area contributed by atoms with Crippen LogP contribution < -0.4 is 40.3 Å². The first-order chi connectivity index (χ1) is 35.1. The molecule has 1 saturated heterocycles. The second-order valence-electron chi connectivity index (χ2n) is 19.2. The number of aromatic carboxylic acids is 1. The van der Waals surface area contributed by atoms with Crippen LogP contribution in [0, 0.1) is 20.8 Å². The molecule has 14 heteroatoms. The maximum atomic E-state index is 13.1. The molecule has 0 bridgehead atoms. The maximum absolute atomic E-state index is 13.1. The number of nitrogens with zero attached hydrogens (tertiary/aromatic N) is 2. The van der Waals surface area contributed by atoms with Crippen molar-refractivity contribution in [2.24, 2.45) is 0 Å². The number of amides is 2. The zero-order valence-corrected chi connectivity index (χ0v) is 45.0. The van der Waals surface area contributed by atoms with Gasteiger partial charge in [0, 0.05) is 59.7 Å². The largest absolute Gasteiger partial charge is 0.489 e. The molecule has 4 aliphatic rings. The van der Waals surface area contributed by atoms with E-state index in [9.17, 15) is 19.5 Å². The highest BCUT2D eigenvalue weighted by atomic mass is 32.2. The van der Waals surface area contributed by atoms with Crippen molar-refractivity contribution in [1.29, 1.82) is 0 Å². The van der Waals surface area contributed by atoms with Crippen LogP contribution in [0.3, 0.4) is 0 Å². The lowest BCUT2D eigenvalue weighted by Crippen LogP contribution is -2.42. The van der Waals surface area contributed by atoms with E-state index >= 15 is 0 Å². The Morgan fingerprint density at radius 1 is 0.904 bits per heavy atom. The number of thiocarbonyl (C=S) groups is 1. The fourth-order valence-corrected chi connectivity index (χ4v) is 11.1. The Bertz CT molecular complexity index is 3150. The van der Waals surface area contributed by atoms with Gasteiger partial charge in [-0.25, -0.2) is 9.37 Å². The van der Waals surface area contributed by atoms with Crippen LogP contribution in [-0.4, -0.2) is 72.3 Å². The van der Waals surface area contributed by atoms with E-state index in [1.807, 2.05) is 48.5 Å². The SMILES string of the molecule is CCN(CC)c1ccc2c(-c3ccc(NC(=S)NCCCCCCc4c(C)c(C)c5c(c4C)CCC(C)(COc4ccc(/C=C6/SC(=O)NC6=O)cc4)O5)cc3C(=O)O)c3ccc(=[N+](CC)CC)cc-3oc2c1. The van der Waals surface area contributed by atoms with Crippen molar-refractivity contribution in [2.45, 2.75) is 106 Å². The Labute approximate surface area is 438 Å². The van der Waals surface area contributed by atoms with Gasteiger partial charge in [0.1, 0.15) is 48.1 Å². The summed E-state index contributed by atoms with van der Waals surface area (Å²) in [6.07, 6.45) is 8.61. The summed E-state index contributed by atoms with van der Waals surface area (Å²) in [5, 5.41) is 21.5. The Morgan fingerprint density at radius 2 is 1.64 bits per heavy atom. The monoisotopic (exact) mass is 1020 g/mol. The Kier molecular flexibility index (Phi) is 16.6. The van der Waals surface area contributed by atoms with Crippen LogP contribution in [0.5, 0.6) is 11.5 Å². The molecule has 4 N–H and O–H groups in total. The summed E-state index contributed by atoms with van der Waals surface area (Å²) < 4.78 is 21.9. The standard InChI is InChI=1S/C59H67N5O7S2/c1-9-63(10-2)41-21-26-47-50(33-41)70-51-34-42(64(11-3)12-4)22-27-48(51)53(47)46-25-20-40(32-49(46)56(66)67)61-57(72)60-30-16-14-13-15-17-44-36(5)37(6)54-45(38(44)7)28-29-59(8,71-54)35-69-43-23-18-39(19-24-43)31-52-55(65)62-58(68)73-52/h18-27,31-34H,9-17,28-30,35H2,1-8H3,(H3,60,62,65,66,67,68,72)/p+1/b52-31+.